The van der Waals surface area contributed by atoms with E-state index in [-0.39, 0.29) is 23.9 Å². The van der Waals surface area contributed by atoms with Gasteiger partial charge >= 0.3 is 11.7 Å². The van der Waals surface area contributed by atoms with Crippen molar-refractivity contribution < 1.29 is 23.5 Å². The predicted octanol–water partition coefficient (Wildman–Crippen LogP) is 0.548. The van der Waals surface area contributed by atoms with E-state index < -0.39 is 0 Å². The molecule has 19 heavy (non-hydrogen) atoms. The molecule has 0 saturated carbocycles. The van der Waals surface area contributed by atoms with Crippen LogP contribution >= 0.6 is 0 Å². The number of aromatic nitrogens is 2. The van der Waals surface area contributed by atoms with Gasteiger partial charge in [0, 0.05) is 7.11 Å². The fraction of sp³-hybridized carbons (Fsp3) is 0.727. The fourth-order valence-corrected chi connectivity index (χ4v) is 2.09. The summed E-state index contributed by atoms with van der Waals surface area (Å²) in [7, 11) is 1.43. The number of ether oxygens (including phenoxy) is 2. The molecule has 0 amide bonds. The molecule has 1 aliphatic heterocycles. The zero-order valence-corrected chi connectivity index (χ0v) is 11.3. The lowest BCUT2D eigenvalue weighted by Crippen LogP contribution is -2.59. The highest BCUT2D eigenvalue weighted by molar-refractivity contribution is 5.71. The van der Waals surface area contributed by atoms with Crippen LogP contribution in [0.5, 0.6) is 0 Å². The van der Waals surface area contributed by atoms with Crippen molar-refractivity contribution in [3.05, 3.63) is 5.73 Å². The molecule has 0 aliphatic carbocycles. The van der Waals surface area contributed by atoms with E-state index in [4.69, 9.17) is 19.7 Å². The van der Waals surface area contributed by atoms with Crippen molar-refractivity contribution in [1.82, 2.24) is 5.27 Å². The molecule has 0 unspecified atom stereocenters. The first-order valence-electron chi connectivity index (χ1n) is 5.98. The SMILES string of the molecule is COCC(=O)[n+]1noc([NH-])c1N1CCOCC1(C)C. The molecule has 1 N–H and O–H groups in total. The second-order valence-electron chi connectivity index (χ2n) is 4.98. The van der Waals surface area contributed by atoms with Gasteiger partial charge in [-0.2, -0.15) is 0 Å². The van der Waals surface area contributed by atoms with E-state index in [0.29, 0.717) is 25.6 Å². The highest BCUT2D eigenvalue weighted by Crippen LogP contribution is 2.30. The molecule has 0 atom stereocenters. The number of anilines is 1. The maximum absolute atomic E-state index is 11.9. The van der Waals surface area contributed by atoms with E-state index in [1.165, 1.54) is 7.11 Å². The van der Waals surface area contributed by atoms with E-state index in [2.05, 4.69) is 5.27 Å². The van der Waals surface area contributed by atoms with Crippen molar-refractivity contribution in [2.75, 3.05) is 38.4 Å². The summed E-state index contributed by atoms with van der Waals surface area (Å²) >= 11 is 0. The Morgan fingerprint density at radius 2 is 2.37 bits per heavy atom. The molecule has 8 nitrogen and oxygen atoms in total. The Hall–Kier alpha value is -1.67. The normalized spacial score (nSPS) is 18.6. The number of carbonyl (C=O) groups excluding carboxylic acids is 1. The van der Waals surface area contributed by atoms with Crippen molar-refractivity contribution in [2.45, 2.75) is 19.4 Å². The fourth-order valence-electron chi connectivity index (χ4n) is 2.09. The summed E-state index contributed by atoms with van der Waals surface area (Å²) in [6.07, 6.45) is 0. The summed E-state index contributed by atoms with van der Waals surface area (Å²) in [5.74, 6) is -0.170. The van der Waals surface area contributed by atoms with Crippen LogP contribution < -0.4 is 9.58 Å². The van der Waals surface area contributed by atoms with Gasteiger partial charge in [0.15, 0.2) is 6.61 Å². The van der Waals surface area contributed by atoms with Crippen molar-refractivity contribution in [3.63, 3.8) is 0 Å². The van der Waals surface area contributed by atoms with Crippen LogP contribution in [-0.4, -0.2) is 50.2 Å². The molecule has 1 aromatic heterocycles. The lowest BCUT2D eigenvalue weighted by atomic mass is 10.0. The molecule has 0 aromatic carbocycles. The number of hydrogen-bond acceptors (Lipinski definition) is 6. The van der Waals surface area contributed by atoms with Crippen LogP contribution in [0.15, 0.2) is 4.52 Å². The molecule has 8 heteroatoms. The smallest absolute Gasteiger partial charge is 0.363 e. The standard InChI is InChI=1S/C11H18N4O4/c1-11(2)7-18-5-4-14(11)10-9(12)19-13-15(10)8(16)6-17-3/h4-7H2,1-3H3,(H-,12,13). The molecular formula is C11H18N4O4. The third kappa shape index (κ3) is 2.54. The van der Waals surface area contributed by atoms with Gasteiger partial charge in [0.05, 0.1) is 13.2 Å². The maximum atomic E-state index is 11.9. The van der Waals surface area contributed by atoms with E-state index in [1.54, 1.807) is 0 Å². The minimum atomic E-state index is -0.373. The quantitative estimate of drug-likeness (QED) is 0.744. The number of nitrogens with zero attached hydrogens (tertiary/aromatic N) is 3. The lowest BCUT2D eigenvalue weighted by molar-refractivity contribution is -0.638. The number of methoxy groups -OCH3 is 1. The van der Waals surface area contributed by atoms with Crippen LogP contribution in [0, 0.1) is 0 Å². The lowest BCUT2D eigenvalue weighted by Gasteiger charge is -2.36. The van der Waals surface area contributed by atoms with Crippen molar-refractivity contribution in [1.29, 1.82) is 0 Å². The van der Waals surface area contributed by atoms with E-state index in [1.807, 2.05) is 18.7 Å². The van der Waals surface area contributed by atoms with Crippen molar-refractivity contribution in [3.8, 4) is 0 Å². The third-order valence-corrected chi connectivity index (χ3v) is 3.02. The molecular weight excluding hydrogens is 252 g/mol. The second-order valence-corrected chi connectivity index (χ2v) is 4.98. The highest BCUT2D eigenvalue weighted by Gasteiger charge is 2.42. The van der Waals surface area contributed by atoms with E-state index in [0.717, 1.165) is 4.68 Å². The van der Waals surface area contributed by atoms with Crippen LogP contribution in [0.25, 0.3) is 5.73 Å². The number of hydrogen-bond donors (Lipinski definition) is 0. The maximum Gasteiger partial charge on any atom is 0.363 e. The Morgan fingerprint density at radius 1 is 1.63 bits per heavy atom. The first kappa shape index (κ1) is 13.8. The van der Waals surface area contributed by atoms with Crippen molar-refractivity contribution >= 4 is 17.6 Å². The first-order chi connectivity index (χ1) is 8.97. The summed E-state index contributed by atoms with van der Waals surface area (Å²) in [6.45, 7) is 5.45. The van der Waals surface area contributed by atoms with Gasteiger partial charge in [0.2, 0.25) is 0 Å². The highest BCUT2D eigenvalue weighted by atomic mass is 16.5. The molecule has 0 bridgehead atoms. The van der Waals surface area contributed by atoms with Gasteiger partial charge in [-0.05, 0) is 18.5 Å². The van der Waals surface area contributed by atoms with Crippen LogP contribution in [0.4, 0.5) is 11.7 Å². The molecule has 0 radical (unpaired) electrons. The van der Waals surface area contributed by atoms with Gasteiger partial charge in [-0.1, -0.05) is 0 Å². The second kappa shape index (κ2) is 5.14. The molecule has 106 valence electrons. The van der Waals surface area contributed by atoms with E-state index in [9.17, 15) is 4.79 Å². The van der Waals surface area contributed by atoms with Crippen LogP contribution in [-0.2, 0) is 9.47 Å². The molecule has 0 spiro atoms. The Labute approximate surface area is 111 Å². The Bertz CT molecular complexity index is 471. The summed E-state index contributed by atoms with van der Waals surface area (Å²) in [6, 6.07) is 0. The summed E-state index contributed by atoms with van der Waals surface area (Å²) in [5, 5.41) is 3.62. The zero-order valence-electron chi connectivity index (χ0n) is 11.3. The van der Waals surface area contributed by atoms with Crippen molar-refractivity contribution in [2.24, 2.45) is 0 Å². The molecule has 2 rings (SSSR count). The monoisotopic (exact) mass is 270 g/mol. The summed E-state index contributed by atoms with van der Waals surface area (Å²) in [4.78, 5) is 13.8. The van der Waals surface area contributed by atoms with E-state index >= 15 is 0 Å². The Balaban J connectivity index is 2.38. The summed E-state index contributed by atoms with van der Waals surface area (Å²) < 4.78 is 16.1. The Morgan fingerprint density at radius 3 is 3.00 bits per heavy atom. The minimum absolute atomic E-state index is 0.117. The van der Waals surface area contributed by atoms with Gasteiger partial charge in [-0.25, -0.2) is 9.69 Å². The van der Waals surface area contributed by atoms with Crippen LogP contribution in [0.2, 0.25) is 0 Å². The topological polar surface area (TPSA) is 92.5 Å². The van der Waals surface area contributed by atoms with Gasteiger partial charge in [0.25, 0.3) is 0 Å². The average molecular weight is 270 g/mol. The van der Waals surface area contributed by atoms with Gasteiger partial charge in [-0.15, -0.1) is 0 Å². The number of rotatable bonds is 3. The average Bonchev–Trinajstić information content (AvgIpc) is 2.71. The minimum Gasteiger partial charge on any atom is -0.658 e. The van der Waals surface area contributed by atoms with Crippen LogP contribution in [0.3, 0.4) is 0 Å². The first-order valence-corrected chi connectivity index (χ1v) is 5.98. The van der Waals surface area contributed by atoms with Gasteiger partial charge in [0.1, 0.15) is 23.2 Å². The molecule has 1 aromatic rings. The zero-order chi connectivity index (χ0) is 14.0. The largest absolute Gasteiger partial charge is 0.658 e. The summed E-state index contributed by atoms with van der Waals surface area (Å²) in [5.41, 5.74) is 7.47. The molecule has 1 fully saturated rings. The number of nitrogens with one attached hydrogen (secondary N) is 1. The molecule has 1 aliphatic rings. The number of morpholine rings is 1. The van der Waals surface area contributed by atoms with Crippen LogP contribution in [0.1, 0.15) is 18.6 Å². The third-order valence-electron chi connectivity index (χ3n) is 3.02. The Kier molecular flexibility index (Phi) is 3.72. The molecule has 2 heterocycles. The molecule has 1 saturated heterocycles. The van der Waals surface area contributed by atoms with Gasteiger partial charge < -0.3 is 19.7 Å². The predicted molar refractivity (Wildman–Crippen MR) is 65.4 cm³/mol. The number of carbonyl (C=O) groups is 1. The van der Waals surface area contributed by atoms with Gasteiger partial charge in [-0.3, -0.25) is 0 Å².